The second-order valence-electron chi connectivity index (χ2n) is 5.66. The van der Waals surface area contributed by atoms with Crippen LogP contribution in [0.2, 0.25) is 0 Å². The lowest BCUT2D eigenvalue weighted by Gasteiger charge is -2.18. The number of hydrogen-bond acceptors (Lipinski definition) is 1. The normalized spacial score (nSPS) is 27.9. The molecule has 0 radical (unpaired) electrons. The van der Waals surface area contributed by atoms with Gasteiger partial charge in [-0.25, -0.2) is 0 Å². The molecule has 0 unspecified atom stereocenters. The van der Waals surface area contributed by atoms with E-state index >= 15 is 0 Å². The van der Waals surface area contributed by atoms with Gasteiger partial charge in [-0.2, -0.15) is 0 Å². The van der Waals surface area contributed by atoms with Gasteiger partial charge in [0.1, 0.15) is 0 Å². The van der Waals surface area contributed by atoms with E-state index in [1.54, 1.807) is 0 Å². The predicted octanol–water partition coefficient (Wildman–Crippen LogP) is 3.28. The summed E-state index contributed by atoms with van der Waals surface area (Å²) in [5.74, 6) is 0.555. The average molecular weight is 235 g/mol. The minimum absolute atomic E-state index is 0.555. The van der Waals surface area contributed by atoms with Crippen LogP contribution in [0.5, 0.6) is 0 Å². The van der Waals surface area contributed by atoms with Crippen LogP contribution in [0.25, 0.3) is 0 Å². The number of nitrogens with zero attached hydrogens (tertiary/aromatic N) is 1. The van der Waals surface area contributed by atoms with Crippen LogP contribution in [0, 0.1) is 0 Å². The molecular formula is C17H17N. The Labute approximate surface area is 108 Å². The van der Waals surface area contributed by atoms with Gasteiger partial charge in [0, 0.05) is 24.5 Å². The van der Waals surface area contributed by atoms with Crippen molar-refractivity contribution in [1.29, 1.82) is 0 Å². The number of rotatable bonds is 4. The molecule has 0 aliphatic carbocycles. The molecule has 0 bridgehead atoms. The van der Waals surface area contributed by atoms with Crippen molar-refractivity contribution in [3.05, 3.63) is 71.8 Å². The van der Waals surface area contributed by atoms with Crippen LogP contribution < -0.4 is 0 Å². The Morgan fingerprint density at radius 1 is 0.833 bits per heavy atom. The molecule has 2 aromatic carbocycles. The molecular weight excluding hydrogens is 218 g/mol. The topological polar surface area (TPSA) is 3.01 Å². The van der Waals surface area contributed by atoms with Gasteiger partial charge in [0.2, 0.25) is 0 Å². The highest BCUT2D eigenvalue weighted by atomic mass is 15.5. The summed E-state index contributed by atoms with van der Waals surface area (Å²) in [6, 6.07) is 21.9. The molecule has 2 fully saturated rings. The molecule has 0 aromatic heterocycles. The SMILES string of the molecule is c1ccc(C(CC23CN2C3)c2ccccc2)cc1. The van der Waals surface area contributed by atoms with Crippen LogP contribution >= 0.6 is 0 Å². The van der Waals surface area contributed by atoms with Gasteiger partial charge in [-0.3, -0.25) is 4.90 Å². The first-order chi connectivity index (χ1) is 8.87. The van der Waals surface area contributed by atoms with Crippen LogP contribution in [0.15, 0.2) is 60.7 Å². The maximum atomic E-state index is 2.56. The third-order valence-corrected chi connectivity index (χ3v) is 4.42. The minimum atomic E-state index is 0.555. The highest BCUT2D eigenvalue weighted by Gasteiger charge is 2.67. The Morgan fingerprint density at radius 3 is 1.67 bits per heavy atom. The maximum Gasteiger partial charge on any atom is 0.0474 e. The van der Waals surface area contributed by atoms with E-state index in [9.17, 15) is 0 Å². The van der Waals surface area contributed by atoms with Crippen molar-refractivity contribution in [2.45, 2.75) is 17.9 Å². The summed E-state index contributed by atoms with van der Waals surface area (Å²) in [4.78, 5) is 2.56. The fourth-order valence-electron chi connectivity index (χ4n) is 3.03. The Balaban J connectivity index is 1.69. The Kier molecular flexibility index (Phi) is 2.12. The first-order valence-electron chi connectivity index (χ1n) is 6.72. The number of fused-ring (bicyclic) bond motifs is 1. The average Bonchev–Trinajstić information content (AvgIpc) is 3.28. The fraction of sp³-hybridized carbons (Fsp3) is 0.294. The zero-order valence-corrected chi connectivity index (χ0v) is 10.4. The largest absolute Gasteiger partial charge is 0.291 e. The molecule has 0 saturated carbocycles. The molecule has 0 amide bonds. The van der Waals surface area contributed by atoms with Crippen molar-refractivity contribution < 1.29 is 0 Å². The predicted molar refractivity (Wildman–Crippen MR) is 73.6 cm³/mol. The lowest BCUT2D eigenvalue weighted by Crippen LogP contribution is -2.11. The molecule has 0 spiro atoms. The zero-order chi connectivity index (χ0) is 12.0. The molecule has 2 aliphatic heterocycles. The zero-order valence-electron chi connectivity index (χ0n) is 10.4. The van der Waals surface area contributed by atoms with E-state index in [0.29, 0.717) is 11.5 Å². The molecule has 90 valence electrons. The van der Waals surface area contributed by atoms with Crippen LogP contribution in [-0.2, 0) is 0 Å². The van der Waals surface area contributed by atoms with Gasteiger partial charge in [0.25, 0.3) is 0 Å². The number of benzene rings is 2. The van der Waals surface area contributed by atoms with Crippen molar-refractivity contribution >= 4 is 0 Å². The van der Waals surface area contributed by atoms with Gasteiger partial charge < -0.3 is 0 Å². The summed E-state index contributed by atoms with van der Waals surface area (Å²) in [6.45, 7) is 2.65. The third kappa shape index (κ3) is 1.67. The summed E-state index contributed by atoms with van der Waals surface area (Å²) in [6.07, 6.45) is 1.28. The van der Waals surface area contributed by atoms with Crippen LogP contribution in [0.3, 0.4) is 0 Å². The monoisotopic (exact) mass is 235 g/mol. The van der Waals surface area contributed by atoms with E-state index in [1.165, 1.54) is 30.6 Å². The fourth-order valence-corrected chi connectivity index (χ4v) is 3.03. The summed E-state index contributed by atoms with van der Waals surface area (Å²) < 4.78 is 0. The molecule has 2 saturated heterocycles. The van der Waals surface area contributed by atoms with Crippen molar-refractivity contribution in [2.24, 2.45) is 0 Å². The highest BCUT2D eigenvalue weighted by Crippen LogP contribution is 2.55. The standard InChI is InChI=1S/C17H17N/c1-3-7-14(8-4-1)16(11-17-12-18(17)13-17)15-9-5-2-6-10-15/h1-10,16H,11-13H2. The van der Waals surface area contributed by atoms with E-state index in [-0.39, 0.29) is 0 Å². The lowest BCUT2D eigenvalue weighted by molar-refractivity contribution is 0.657. The van der Waals surface area contributed by atoms with Gasteiger partial charge in [-0.05, 0) is 17.5 Å². The van der Waals surface area contributed by atoms with Crippen LogP contribution in [0.4, 0.5) is 0 Å². The molecule has 0 N–H and O–H groups in total. The molecule has 2 aromatic rings. The molecule has 2 aliphatic rings. The molecule has 2 heterocycles. The first-order valence-corrected chi connectivity index (χ1v) is 6.72. The molecule has 1 nitrogen and oxygen atoms in total. The quantitative estimate of drug-likeness (QED) is 0.735. The van der Waals surface area contributed by atoms with Gasteiger partial charge >= 0.3 is 0 Å². The van der Waals surface area contributed by atoms with E-state index in [0.717, 1.165) is 0 Å². The van der Waals surface area contributed by atoms with Crippen molar-refractivity contribution in [3.8, 4) is 0 Å². The third-order valence-electron chi connectivity index (χ3n) is 4.42. The maximum absolute atomic E-state index is 2.56. The molecule has 0 atom stereocenters. The van der Waals surface area contributed by atoms with E-state index in [2.05, 4.69) is 65.6 Å². The Hall–Kier alpha value is -1.60. The van der Waals surface area contributed by atoms with Gasteiger partial charge in [0.05, 0.1) is 0 Å². The number of hydrogen-bond donors (Lipinski definition) is 0. The van der Waals surface area contributed by atoms with Crippen LogP contribution in [-0.4, -0.2) is 23.5 Å². The van der Waals surface area contributed by atoms with Crippen molar-refractivity contribution in [3.63, 3.8) is 0 Å². The van der Waals surface area contributed by atoms with E-state index < -0.39 is 0 Å². The summed E-state index contributed by atoms with van der Waals surface area (Å²) >= 11 is 0. The summed E-state index contributed by atoms with van der Waals surface area (Å²) in [5.41, 5.74) is 3.49. The minimum Gasteiger partial charge on any atom is -0.291 e. The Morgan fingerprint density at radius 2 is 1.28 bits per heavy atom. The van der Waals surface area contributed by atoms with Gasteiger partial charge in [-0.15, -0.1) is 0 Å². The lowest BCUT2D eigenvalue weighted by atomic mass is 9.85. The van der Waals surface area contributed by atoms with Gasteiger partial charge in [0.15, 0.2) is 0 Å². The summed E-state index contributed by atoms with van der Waals surface area (Å²) in [7, 11) is 0. The molecule has 18 heavy (non-hydrogen) atoms. The highest BCUT2D eigenvalue weighted by molar-refractivity contribution is 5.37. The van der Waals surface area contributed by atoms with E-state index in [4.69, 9.17) is 0 Å². The summed E-state index contributed by atoms with van der Waals surface area (Å²) in [5, 5.41) is 0. The molecule has 1 heteroatoms. The molecule has 4 rings (SSSR count). The van der Waals surface area contributed by atoms with Crippen LogP contribution in [0.1, 0.15) is 23.5 Å². The second-order valence-corrected chi connectivity index (χ2v) is 5.66. The smallest absolute Gasteiger partial charge is 0.0474 e. The van der Waals surface area contributed by atoms with Gasteiger partial charge in [-0.1, -0.05) is 60.7 Å². The van der Waals surface area contributed by atoms with Crippen molar-refractivity contribution in [1.82, 2.24) is 4.90 Å². The Bertz CT molecular complexity index is 501. The van der Waals surface area contributed by atoms with Crippen molar-refractivity contribution in [2.75, 3.05) is 13.1 Å². The van der Waals surface area contributed by atoms with E-state index in [1.807, 2.05) is 0 Å². The first kappa shape index (κ1) is 10.3. The second kappa shape index (κ2) is 3.69.